The van der Waals surface area contributed by atoms with E-state index >= 15 is 0 Å². The molecule has 0 aromatic heterocycles. The van der Waals surface area contributed by atoms with Gasteiger partial charge in [-0.2, -0.15) is 0 Å². The Hall–Kier alpha value is -1.36. The van der Waals surface area contributed by atoms with Gasteiger partial charge in [-0.05, 0) is 64.6 Å². The van der Waals surface area contributed by atoms with Crippen LogP contribution in [0.2, 0.25) is 0 Å². The van der Waals surface area contributed by atoms with Crippen molar-refractivity contribution in [2.45, 2.75) is 19.4 Å². The summed E-state index contributed by atoms with van der Waals surface area (Å²) >= 11 is 3.46. The van der Waals surface area contributed by atoms with E-state index in [1.54, 1.807) is 0 Å². The van der Waals surface area contributed by atoms with Crippen LogP contribution >= 0.6 is 28.3 Å². The van der Waals surface area contributed by atoms with Gasteiger partial charge in [-0.25, -0.2) is 0 Å². The number of rotatable bonds is 3. The Morgan fingerprint density at radius 3 is 2.87 bits per heavy atom. The van der Waals surface area contributed by atoms with Crippen molar-refractivity contribution in [2.24, 2.45) is 0 Å². The molecule has 1 aliphatic heterocycles. The van der Waals surface area contributed by atoms with Crippen LogP contribution in [-0.2, 0) is 6.42 Å². The molecule has 1 amide bonds. The fourth-order valence-electron chi connectivity index (χ4n) is 2.87. The molecule has 1 aliphatic rings. The molecule has 2 aromatic rings. The van der Waals surface area contributed by atoms with Crippen molar-refractivity contribution in [3.05, 3.63) is 69.2 Å². The van der Waals surface area contributed by atoms with E-state index in [1.165, 1.54) is 11.1 Å². The molecule has 0 spiro atoms. The Kier molecular flexibility index (Phi) is 6.22. The number of nitrogens with one attached hydrogen (secondary N) is 2. The zero-order chi connectivity index (χ0) is 15.5. The Balaban J connectivity index is 0.00000192. The van der Waals surface area contributed by atoms with Gasteiger partial charge in [-0.15, -0.1) is 12.4 Å². The van der Waals surface area contributed by atoms with Gasteiger partial charge in [-0.3, -0.25) is 4.79 Å². The average molecular weight is 396 g/mol. The molecule has 2 N–H and O–H groups in total. The lowest BCUT2D eigenvalue weighted by Crippen LogP contribution is -2.38. The minimum atomic E-state index is -0.0447. The van der Waals surface area contributed by atoms with Gasteiger partial charge in [0.25, 0.3) is 5.91 Å². The number of benzene rings is 2. The van der Waals surface area contributed by atoms with Crippen molar-refractivity contribution in [2.75, 3.05) is 13.1 Å². The highest BCUT2D eigenvalue weighted by molar-refractivity contribution is 9.10. The molecule has 0 fully saturated rings. The van der Waals surface area contributed by atoms with E-state index in [4.69, 9.17) is 0 Å². The second-order valence-electron chi connectivity index (χ2n) is 5.65. The van der Waals surface area contributed by atoms with Crippen LogP contribution in [-0.4, -0.2) is 19.0 Å². The second-order valence-corrected chi connectivity index (χ2v) is 6.50. The maximum absolute atomic E-state index is 12.4. The Labute approximate surface area is 151 Å². The molecule has 122 valence electrons. The van der Waals surface area contributed by atoms with E-state index in [9.17, 15) is 4.79 Å². The van der Waals surface area contributed by atoms with Gasteiger partial charge in [0.15, 0.2) is 0 Å². The lowest BCUT2D eigenvalue weighted by atomic mass is 9.94. The van der Waals surface area contributed by atoms with E-state index in [1.807, 2.05) is 25.1 Å². The summed E-state index contributed by atoms with van der Waals surface area (Å²) in [6, 6.07) is 14.4. The number of aryl methyl sites for hydroxylation is 1. The van der Waals surface area contributed by atoms with Crippen LogP contribution < -0.4 is 10.6 Å². The fraction of sp³-hybridized carbons (Fsp3) is 0.278. The summed E-state index contributed by atoms with van der Waals surface area (Å²) in [5.41, 5.74) is 4.47. The van der Waals surface area contributed by atoms with Crippen LogP contribution in [0.1, 0.15) is 33.1 Å². The number of halogens is 2. The molecule has 1 heterocycles. The standard InChI is InChI=1S/C18H19BrN2O.ClH/c1-12-6-7-15(16(19)10-12)18(22)21-11-17-14-5-3-2-4-13(14)8-9-20-17;/h2-7,10,17,20H,8-9,11H2,1H3,(H,21,22);1H. The van der Waals surface area contributed by atoms with Gasteiger partial charge in [-0.1, -0.05) is 30.3 Å². The molecular formula is C18H20BrClN2O. The lowest BCUT2D eigenvalue weighted by Gasteiger charge is -2.27. The number of amides is 1. The number of carbonyl (C=O) groups is 1. The van der Waals surface area contributed by atoms with Gasteiger partial charge < -0.3 is 10.6 Å². The summed E-state index contributed by atoms with van der Waals surface area (Å²) in [5, 5.41) is 6.52. The van der Waals surface area contributed by atoms with Gasteiger partial charge in [0.1, 0.15) is 0 Å². The van der Waals surface area contributed by atoms with E-state index in [-0.39, 0.29) is 24.4 Å². The summed E-state index contributed by atoms with van der Waals surface area (Å²) in [5.74, 6) is -0.0447. The summed E-state index contributed by atoms with van der Waals surface area (Å²) in [6.45, 7) is 3.55. The smallest absolute Gasteiger partial charge is 0.252 e. The molecule has 0 radical (unpaired) electrons. The van der Waals surface area contributed by atoms with E-state index in [0.717, 1.165) is 23.0 Å². The first-order chi connectivity index (χ1) is 10.6. The van der Waals surface area contributed by atoms with E-state index < -0.39 is 0 Å². The maximum atomic E-state index is 12.4. The summed E-state index contributed by atoms with van der Waals surface area (Å²) in [4.78, 5) is 12.4. The largest absolute Gasteiger partial charge is 0.350 e. The van der Waals surface area contributed by atoms with E-state index in [0.29, 0.717) is 12.1 Å². The van der Waals surface area contributed by atoms with Crippen molar-refractivity contribution < 1.29 is 4.79 Å². The Morgan fingerprint density at radius 1 is 1.30 bits per heavy atom. The molecular weight excluding hydrogens is 376 g/mol. The third kappa shape index (κ3) is 4.14. The predicted molar refractivity (Wildman–Crippen MR) is 99.3 cm³/mol. The van der Waals surface area contributed by atoms with Crippen molar-refractivity contribution in [1.82, 2.24) is 10.6 Å². The highest BCUT2D eigenvalue weighted by atomic mass is 79.9. The van der Waals surface area contributed by atoms with Crippen LogP contribution in [0.4, 0.5) is 0 Å². The number of fused-ring (bicyclic) bond motifs is 1. The minimum absolute atomic E-state index is 0. The maximum Gasteiger partial charge on any atom is 0.252 e. The molecule has 0 aliphatic carbocycles. The van der Waals surface area contributed by atoms with Gasteiger partial charge in [0, 0.05) is 17.1 Å². The third-order valence-electron chi connectivity index (χ3n) is 4.05. The normalized spacial score (nSPS) is 16.2. The molecule has 23 heavy (non-hydrogen) atoms. The SMILES string of the molecule is Cc1ccc(C(=O)NCC2NCCc3ccccc32)c(Br)c1.Cl. The Morgan fingerprint density at radius 2 is 2.09 bits per heavy atom. The van der Waals surface area contributed by atoms with Crippen LogP contribution in [0, 0.1) is 6.92 Å². The van der Waals surface area contributed by atoms with Crippen LogP contribution in [0.15, 0.2) is 46.9 Å². The third-order valence-corrected chi connectivity index (χ3v) is 4.71. The highest BCUT2D eigenvalue weighted by Crippen LogP contribution is 2.22. The average Bonchev–Trinajstić information content (AvgIpc) is 2.52. The first kappa shape index (κ1) is 18.0. The van der Waals surface area contributed by atoms with Crippen molar-refractivity contribution in [3.8, 4) is 0 Å². The molecule has 0 bridgehead atoms. The van der Waals surface area contributed by atoms with Gasteiger partial charge >= 0.3 is 0 Å². The molecule has 0 saturated heterocycles. The molecule has 1 unspecified atom stereocenters. The zero-order valence-electron chi connectivity index (χ0n) is 12.9. The van der Waals surface area contributed by atoms with Crippen LogP contribution in [0.3, 0.4) is 0 Å². The minimum Gasteiger partial charge on any atom is -0.350 e. The van der Waals surface area contributed by atoms with Crippen molar-refractivity contribution >= 4 is 34.2 Å². The second kappa shape index (κ2) is 7.95. The fourth-order valence-corrected chi connectivity index (χ4v) is 3.54. The predicted octanol–water partition coefficient (Wildman–Crippen LogP) is 3.80. The monoisotopic (exact) mass is 394 g/mol. The number of hydrogen-bond acceptors (Lipinski definition) is 2. The molecule has 0 saturated carbocycles. The van der Waals surface area contributed by atoms with Crippen LogP contribution in [0.25, 0.3) is 0 Å². The summed E-state index contributed by atoms with van der Waals surface area (Å²) in [6.07, 6.45) is 1.05. The lowest BCUT2D eigenvalue weighted by molar-refractivity contribution is 0.0948. The number of hydrogen-bond donors (Lipinski definition) is 2. The molecule has 3 nitrogen and oxygen atoms in total. The zero-order valence-corrected chi connectivity index (χ0v) is 15.3. The molecule has 3 rings (SSSR count). The van der Waals surface area contributed by atoms with Gasteiger partial charge in [0.05, 0.1) is 5.56 Å². The first-order valence-electron chi connectivity index (χ1n) is 7.50. The molecule has 2 aromatic carbocycles. The van der Waals surface area contributed by atoms with Crippen molar-refractivity contribution in [1.29, 1.82) is 0 Å². The quantitative estimate of drug-likeness (QED) is 0.830. The first-order valence-corrected chi connectivity index (χ1v) is 8.30. The highest BCUT2D eigenvalue weighted by Gasteiger charge is 2.20. The number of carbonyl (C=O) groups excluding carboxylic acids is 1. The van der Waals surface area contributed by atoms with Crippen molar-refractivity contribution in [3.63, 3.8) is 0 Å². The van der Waals surface area contributed by atoms with Gasteiger partial charge in [0.2, 0.25) is 0 Å². The topological polar surface area (TPSA) is 41.1 Å². The summed E-state index contributed by atoms with van der Waals surface area (Å²) < 4.78 is 0.835. The summed E-state index contributed by atoms with van der Waals surface area (Å²) in [7, 11) is 0. The van der Waals surface area contributed by atoms with E-state index in [2.05, 4.69) is 50.8 Å². The molecule has 5 heteroatoms. The van der Waals surface area contributed by atoms with Crippen LogP contribution in [0.5, 0.6) is 0 Å². The molecule has 1 atom stereocenters. The Bertz CT molecular complexity index is 705.